The Labute approximate surface area is 147 Å². The van der Waals surface area contributed by atoms with Gasteiger partial charge in [-0.3, -0.25) is 9.59 Å². The van der Waals surface area contributed by atoms with Crippen LogP contribution in [0.5, 0.6) is 0 Å². The fourth-order valence-electron chi connectivity index (χ4n) is 2.78. The van der Waals surface area contributed by atoms with Crippen molar-refractivity contribution in [3.63, 3.8) is 0 Å². The van der Waals surface area contributed by atoms with E-state index < -0.39 is 0 Å². The molecule has 0 saturated heterocycles. The minimum Gasteiger partial charge on any atom is -0.468 e. The fraction of sp³-hybridized carbons (Fsp3) is 0.611. The van der Waals surface area contributed by atoms with E-state index in [0.29, 0.717) is 19.3 Å². The summed E-state index contributed by atoms with van der Waals surface area (Å²) in [6.45, 7) is 0. The first kappa shape index (κ1) is 18.8. The number of carbonyl (C=O) groups excluding carboxylic acids is 2. The number of ether oxygens (including phenoxy) is 2. The number of hydrogen-bond donors (Lipinski definition) is 0. The predicted octanol–water partition coefficient (Wildman–Crippen LogP) is 3.76. The molecule has 0 bridgehead atoms. The SMILES string of the molecule is COC(=O)C(CCCC(=O)OC1CCCCC1)Sc1ccccn1. The third-order valence-corrected chi connectivity index (χ3v) is 5.26. The van der Waals surface area contributed by atoms with Crippen LogP contribution < -0.4 is 0 Å². The number of carbonyl (C=O) groups is 2. The maximum Gasteiger partial charge on any atom is 0.319 e. The van der Waals surface area contributed by atoms with E-state index in [0.717, 1.165) is 30.7 Å². The highest BCUT2D eigenvalue weighted by Crippen LogP contribution is 2.26. The molecule has 5 nitrogen and oxygen atoms in total. The molecule has 1 unspecified atom stereocenters. The van der Waals surface area contributed by atoms with E-state index in [1.54, 1.807) is 6.20 Å². The normalized spacial score (nSPS) is 16.4. The number of pyridine rings is 1. The van der Waals surface area contributed by atoms with Crippen LogP contribution in [0, 0.1) is 0 Å². The van der Waals surface area contributed by atoms with Crippen LogP contribution in [-0.2, 0) is 19.1 Å². The first-order valence-electron chi connectivity index (χ1n) is 8.54. The first-order valence-corrected chi connectivity index (χ1v) is 9.42. The van der Waals surface area contributed by atoms with E-state index in [1.165, 1.54) is 25.3 Å². The van der Waals surface area contributed by atoms with Crippen molar-refractivity contribution < 1.29 is 19.1 Å². The van der Waals surface area contributed by atoms with E-state index in [9.17, 15) is 9.59 Å². The number of methoxy groups -OCH3 is 1. The minimum absolute atomic E-state index is 0.0885. The first-order chi connectivity index (χ1) is 11.7. The Morgan fingerprint density at radius 3 is 2.75 bits per heavy atom. The Bertz CT molecular complexity index is 517. The molecule has 24 heavy (non-hydrogen) atoms. The molecule has 1 atom stereocenters. The number of rotatable bonds is 8. The van der Waals surface area contributed by atoms with Crippen LogP contribution in [-0.4, -0.2) is 35.4 Å². The highest BCUT2D eigenvalue weighted by Gasteiger charge is 2.22. The molecule has 1 aromatic heterocycles. The monoisotopic (exact) mass is 351 g/mol. The summed E-state index contributed by atoms with van der Waals surface area (Å²) in [6.07, 6.45) is 8.76. The topological polar surface area (TPSA) is 65.5 Å². The molecule has 0 N–H and O–H groups in total. The van der Waals surface area contributed by atoms with Crippen LogP contribution in [0.25, 0.3) is 0 Å². The number of esters is 2. The summed E-state index contributed by atoms with van der Waals surface area (Å²) in [7, 11) is 1.38. The van der Waals surface area contributed by atoms with Crippen LogP contribution in [0.2, 0.25) is 0 Å². The van der Waals surface area contributed by atoms with Crippen molar-refractivity contribution in [2.75, 3.05) is 7.11 Å². The molecule has 132 valence electrons. The van der Waals surface area contributed by atoms with E-state index in [2.05, 4.69) is 4.98 Å². The Hall–Kier alpha value is -1.56. The molecule has 1 aliphatic rings. The maximum absolute atomic E-state index is 11.9. The molecule has 0 radical (unpaired) electrons. The molecule has 0 aromatic carbocycles. The van der Waals surface area contributed by atoms with Crippen LogP contribution in [0.3, 0.4) is 0 Å². The van der Waals surface area contributed by atoms with Gasteiger partial charge in [0, 0.05) is 12.6 Å². The lowest BCUT2D eigenvalue weighted by molar-refractivity contribution is -0.151. The zero-order valence-electron chi connectivity index (χ0n) is 14.1. The van der Waals surface area contributed by atoms with Gasteiger partial charge in [0.1, 0.15) is 11.4 Å². The van der Waals surface area contributed by atoms with Gasteiger partial charge in [-0.1, -0.05) is 24.2 Å². The largest absolute Gasteiger partial charge is 0.468 e. The zero-order valence-corrected chi connectivity index (χ0v) is 14.9. The lowest BCUT2D eigenvalue weighted by Gasteiger charge is -2.22. The molecule has 1 aliphatic carbocycles. The molecule has 2 rings (SSSR count). The van der Waals surface area contributed by atoms with Crippen molar-refractivity contribution in [1.82, 2.24) is 4.98 Å². The Morgan fingerprint density at radius 1 is 1.29 bits per heavy atom. The molecule has 1 fully saturated rings. The van der Waals surface area contributed by atoms with Gasteiger partial charge in [-0.25, -0.2) is 4.98 Å². The number of aromatic nitrogens is 1. The Morgan fingerprint density at radius 2 is 2.08 bits per heavy atom. The highest BCUT2D eigenvalue weighted by molar-refractivity contribution is 8.00. The summed E-state index contributed by atoms with van der Waals surface area (Å²) in [5.74, 6) is -0.445. The van der Waals surface area contributed by atoms with Gasteiger partial charge in [0.2, 0.25) is 0 Å². The van der Waals surface area contributed by atoms with E-state index in [-0.39, 0.29) is 23.3 Å². The molecule has 6 heteroatoms. The highest BCUT2D eigenvalue weighted by atomic mass is 32.2. The van der Waals surface area contributed by atoms with Gasteiger partial charge in [-0.15, -0.1) is 0 Å². The molecule has 1 aromatic rings. The second-order valence-electron chi connectivity index (χ2n) is 5.94. The molecule has 0 amide bonds. The number of nitrogens with zero attached hydrogens (tertiary/aromatic N) is 1. The standard InChI is InChI=1S/C18H25NO4S/c1-22-18(21)15(24-16-11-5-6-13-19-16)10-7-12-17(20)23-14-8-3-2-4-9-14/h5-6,11,13-15H,2-4,7-10,12H2,1H3. The second-order valence-corrected chi connectivity index (χ2v) is 7.16. The predicted molar refractivity (Wildman–Crippen MR) is 92.7 cm³/mol. The van der Waals surface area contributed by atoms with Crippen molar-refractivity contribution in [1.29, 1.82) is 0 Å². The van der Waals surface area contributed by atoms with Gasteiger partial charge in [0.15, 0.2) is 0 Å². The molecular weight excluding hydrogens is 326 g/mol. The molecule has 1 heterocycles. The van der Waals surface area contributed by atoms with E-state index in [4.69, 9.17) is 9.47 Å². The van der Waals surface area contributed by atoms with Crippen molar-refractivity contribution in [3.8, 4) is 0 Å². The summed E-state index contributed by atoms with van der Waals surface area (Å²) in [6, 6.07) is 5.57. The second kappa shape index (κ2) is 10.3. The van der Waals surface area contributed by atoms with Gasteiger partial charge in [-0.2, -0.15) is 0 Å². The maximum atomic E-state index is 11.9. The van der Waals surface area contributed by atoms with Crippen LogP contribution in [0.4, 0.5) is 0 Å². The molecule has 1 saturated carbocycles. The summed E-state index contributed by atoms with van der Waals surface area (Å²) in [4.78, 5) is 28.1. The minimum atomic E-state index is -0.354. The van der Waals surface area contributed by atoms with Crippen molar-refractivity contribution in [2.24, 2.45) is 0 Å². The summed E-state index contributed by atoms with van der Waals surface area (Å²) < 4.78 is 10.4. The average molecular weight is 351 g/mol. The van der Waals surface area contributed by atoms with Crippen LogP contribution >= 0.6 is 11.8 Å². The van der Waals surface area contributed by atoms with Crippen LogP contribution in [0.15, 0.2) is 29.4 Å². The smallest absolute Gasteiger partial charge is 0.319 e. The lowest BCUT2D eigenvalue weighted by atomic mass is 9.98. The van der Waals surface area contributed by atoms with Crippen LogP contribution in [0.1, 0.15) is 51.4 Å². The number of hydrogen-bond acceptors (Lipinski definition) is 6. The van der Waals surface area contributed by atoms with Gasteiger partial charge in [0.25, 0.3) is 0 Å². The third kappa shape index (κ3) is 6.51. The van der Waals surface area contributed by atoms with Gasteiger partial charge in [0.05, 0.1) is 12.1 Å². The van der Waals surface area contributed by atoms with E-state index >= 15 is 0 Å². The lowest BCUT2D eigenvalue weighted by Crippen LogP contribution is -2.22. The van der Waals surface area contributed by atoms with Gasteiger partial charge >= 0.3 is 11.9 Å². The molecular formula is C18H25NO4S. The average Bonchev–Trinajstić information content (AvgIpc) is 2.62. The zero-order chi connectivity index (χ0) is 17.2. The summed E-state index contributed by atoms with van der Waals surface area (Å²) >= 11 is 1.37. The Balaban J connectivity index is 1.75. The van der Waals surface area contributed by atoms with E-state index in [1.807, 2.05) is 18.2 Å². The Kier molecular flexibility index (Phi) is 8.08. The fourth-order valence-corrected chi connectivity index (χ4v) is 3.83. The quantitative estimate of drug-likeness (QED) is 0.525. The van der Waals surface area contributed by atoms with Crippen molar-refractivity contribution >= 4 is 23.7 Å². The third-order valence-electron chi connectivity index (χ3n) is 4.06. The summed E-state index contributed by atoms with van der Waals surface area (Å²) in [5.41, 5.74) is 0. The summed E-state index contributed by atoms with van der Waals surface area (Å²) in [5, 5.41) is 0.421. The van der Waals surface area contributed by atoms with Crippen molar-refractivity contribution in [3.05, 3.63) is 24.4 Å². The van der Waals surface area contributed by atoms with Gasteiger partial charge in [-0.05, 0) is 50.7 Å². The van der Waals surface area contributed by atoms with Crippen molar-refractivity contribution in [2.45, 2.75) is 67.7 Å². The molecule has 0 spiro atoms. The molecule has 0 aliphatic heterocycles. The number of thioether (sulfide) groups is 1. The van der Waals surface area contributed by atoms with Gasteiger partial charge < -0.3 is 9.47 Å².